The molecule has 0 unspecified atom stereocenters. The summed E-state index contributed by atoms with van der Waals surface area (Å²) in [6, 6.07) is 22.8. The Labute approximate surface area is 206 Å². The quantitative estimate of drug-likeness (QED) is 0.311. The number of benzene rings is 3. The SMILES string of the molecule is COc1ccc(-c2cn(-c3ccccc3)nc2C(=O)Nc2cccc(-c3nccs3)c2)cc1OC. The minimum absolute atomic E-state index is 0.292. The third-order valence-electron chi connectivity index (χ3n) is 5.44. The number of aromatic nitrogens is 3. The lowest BCUT2D eigenvalue weighted by molar-refractivity contribution is 0.102. The minimum Gasteiger partial charge on any atom is -0.493 e. The molecule has 7 nitrogen and oxygen atoms in total. The highest BCUT2D eigenvalue weighted by atomic mass is 32.1. The standard InChI is InChI=1S/C27H22N4O3S/c1-33-23-12-11-18(16-24(23)34-2)22-17-31(21-9-4-3-5-10-21)30-25(22)26(32)29-20-8-6-7-19(15-20)27-28-13-14-35-27/h3-17H,1-2H3,(H,29,32). The normalized spacial score (nSPS) is 10.7. The predicted octanol–water partition coefficient (Wildman–Crippen LogP) is 5.93. The summed E-state index contributed by atoms with van der Waals surface area (Å²) in [4.78, 5) is 17.8. The van der Waals surface area contributed by atoms with E-state index >= 15 is 0 Å². The van der Waals surface area contributed by atoms with Gasteiger partial charge in [0.2, 0.25) is 0 Å². The third-order valence-corrected chi connectivity index (χ3v) is 6.27. The van der Waals surface area contributed by atoms with Crippen LogP contribution in [0, 0.1) is 0 Å². The van der Waals surface area contributed by atoms with Gasteiger partial charge in [-0.2, -0.15) is 5.10 Å². The van der Waals surface area contributed by atoms with Crippen LogP contribution in [0.5, 0.6) is 11.5 Å². The van der Waals surface area contributed by atoms with E-state index in [9.17, 15) is 4.79 Å². The molecule has 35 heavy (non-hydrogen) atoms. The second-order valence-corrected chi connectivity index (χ2v) is 8.51. The van der Waals surface area contributed by atoms with Crippen LogP contribution in [-0.2, 0) is 0 Å². The zero-order valence-electron chi connectivity index (χ0n) is 19.1. The Kier molecular flexibility index (Phi) is 6.28. The molecule has 0 atom stereocenters. The van der Waals surface area contributed by atoms with Gasteiger partial charge in [-0.15, -0.1) is 11.3 Å². The van der Waals surface area contributed by atoms with E-state index in [2.05, 4.69) is 15.4 Å². The molecule has 0 radical (unpaired) electrons. The molecular weight excluding hydrogens is 460 g/mol. The fourth-order valence-corrected chi connectivity index (χ4v) is 4.39. The first-order chi connectivity index (χ1) is 17.2. The number of thiazole rings is 1. The minimum atomic E-state index is -0.319. The molecule has 2 aromatic heterocycles. The van der Waals surface area contributed by atoms with Crippen LogP contribution in [0.25, 0.3) is 27.4 Å². The first-order valence-corrected chi connectivity index (χ1v) is 11.7. The number of carbonyl (C=O) groups is 1. The third kappa shape index (κ3) is 4.64. The molecule has 0 bridgehead atoms. The lowest BCUT2D eigenvalue weighted by atomic mass is 10.1. The van der Waals surface area contributed by atoms with Crippen molar-refractivity contribution in [2.24, 2.45) is 0 Å². The van der Waals surface area contributed by atoms with E-state index < -0.39 is 0 Å². The average molecular weight is 483 g/mol. The average Bonchev–Trinajstić information content (AvgIpc) is 3.60. The van der Waals surface area contributed by atoms with E-state index in [1.165, 1.54) is 0 Å². The Bertz CT molecular complexity index is 1460. The van der Waals surface area contributed by atoms with Crippen molar-refractivity contribution in [1.29, 1.82) is 0 Å². The largest absolute Gasteiger partial charge is 0.493 e. The maximum absolute atomic E-state index is 13.5. The van der Waals surface area contributed by atoms with Gasteiger partial charge in [0.05, 0.1) is 19.9 Å². The van der Waals surface area contributed by atoms with Crippen molar-refractivity contribution in [3.8, 4) is 38.9 Å². The molecule has 5 aromatic rings. The van der Waals surface area contributed by atoms with Crippen molar-refractivity contribution in [2.75, 3.05) is 19.5 Å². The van der Waals surface area contributed by atoms with Crippen LogP contribution in [0.15, 0.2) is 90.6 Å². The summed E-state index contributed by atoms with van der Waals surface area (Å²) in [5, 5.41) is 10.5. The molecular formula is C27H22N4O3S. The molecule has 0 aliphatic rings. The van der Waals surface area contributed by atoms with Crippen LogP contribution in [0.2, 0.25) is 0 Å². The molecule has 174 valence electrons. The first kappa shape index (κ1) is 22.4. The molecule has 2 heterocycles. The summed E-state index contributed by atoms with van der Waals surface area (Å²) >= 11 is 1.55. The topological polar surface area (TPSA) is 78.3 Å². The fraction of sp³-hybridized carbons (Fsp3) is 0.0741. The van der Waals surface area contributed by atoms with E-state index in [-0.39, 0.29) is 5.91 Å². The van der Waals surface area contributed by atoms with Crippen molar-refractivity contribution >= 4 is 22.9 Å². The number of hydrogen-bond acceptors (Lipinski definition) is 6. The van der Waals surface area contributed by atoms with E-state index in [1.807, 2.05) is 84.4 Å². The van der Waals surface area contributed by atoms with Crippen LogP contribution in [0.1, 0.15) is 10.5 Å². The summed E-state index contributed by atoms with van der Waals surface area (Å²) in [7, 11) is 3.17. The Morgan fingerprint density at radius 1 is 0.914 bits per heavy atom. The summed E-state index contributed by atoms with van der Waals surface area (Å²) in [6.45, 7) is 0. The number of amides is 1. The van der Waals surface area contributed by atoms with Gasteiger partial charge in [0.25, 0.3) is 5.91 Å². The molecule has 1 amide bonds. The Morgan fingerprint density at radius 3 is 2.49 bits per heavy atom. The van der Waals surface area contributed by atoms with E-state index in [0.29, 0.717) is 28.4 Å². The maximum atomic E-state index is 13.5. The van der Waals surface area contributed by atoms with Crippen LogP contribution >= 0.6 is 11.3 Å². The number of nitrogens with one attached hydrogen (secondary N) is 1. The second-order valence-electron chi connectivity index (χ2n) is 7.61. The van der Waals surface area contributed by atoms with Crippen molar-refractivity contribution < 1.29 is 14.3 Å². The monoisotopic (exact) mass is 482 g/mol. The van der Waals surface area contributed by atoms with E-state index in [4.69, 9.17) is 9.47 Å². The molecule has 0 saturated carbocycles. The van der Waals surface area contributed by atoms with Crippen LogP contribution < -0.4 is 14.8 Å². The smallest absolute Gasteiger partial charge is 0.276 e. The van der Waals surface area contributed by atoms with Crippen molar-refractivity contribution in [1.82, 2.24) is 14.8 Å². The highest BCUT2D eigenvalue weighted by Crippen LogP contribution is 2.34. The molecule has 0 aliphatic carbocycles. The zero-order valence-corrected chi connectivity index (χ0v) is 20.0. The summed E-state index contributed by atoms with van der Waals surface area (Å²) in [6.07, 6.45) is 3.61. The van der Waals surface area contributed by atoms with Gasteiger partial charge in [0, 0.05) is 34.6 Å². The van der Waals surface area contributed by atoms with Gasteiger partial charge >= 0.3 is 0 Å². The second kappa shape index (κ2) is 9.82. The molecule has 0 spiro atoms. The Hall–Kier alpha value is -4.43. The number of para-hydroxylation sites is 1. The van der Waals surface area contributed by atoms with Gasteiger partial charge in [-0.3, -0.25) is 4.79 Å². The van der Waals surface area contributed by atoms with Gasteiger partial charge < -0.3 is 14.8 Å². The number of anilines is 1. The Balaban J connectivity index is 1.54. The lowest BCUT2D eigenvalue weighted by Gasteiger charge is -2.10. The predicted molar refractivity (Wildman–Crippen MR) is 138 cm³/mol. The Morgan fingerprint density at radius 2 is 1.74 bits per heavy atom. The van der Waals surface area contributed by atoms with Gasteiger partial charge in [0.15, 0.2) is 17.2 Å². The highest BCUT2D eigenvalue weighted by Gasteiger charge is 2.21. The van der Waals surface area contributed by atoms with Gasteiger partial charge in [-0.25, -0.2) is 9.67 Å². The lowest BCUT2D eigenvalue weighted by Crippen LogP contribution is -2.14. The van der Waals surface area contributed by atoms with E-state index in [1.54, 1.807) is 36.4 Å². The van der Waals surface area contributed by atoms with Gasteiger partial charge in [-0.1, -0.05) is 36.4 Å². The zero-order chi connectivity index (χ0) is 24.2. The molecule has 5 rings (SSSR count). The van der Waals surface area contributed by atoms with Crippen LogP contribution in [0.3, 0.4) is 0 Å². The summed E-state index contributed by atoms with van der Waals surface area (Å²) in [5.41, 5.74) is 4.19. The number of hydrogen-bond donors (Lipinski definition) is 1. The molecule has 1 N–H and O–H groups in total. The maximum Gasteiger partial charge on any atom is 0.276 e. The van der Waals surface area contributed by atoms with Gasteiger partial charge in [-0.05, 0) is 42.0 Å². The summed E-state index contributed by atoms with van der Waals surface area (Å²) < 4.78 is 12.5. The molecule has 0 aliphatic heterocycles. The molecule has 0 saturated heterocycles. The number of rotatable bonds is 7. The van der Waals surface area contributed by atoms with Crippen molar-refractivity contribution in [3.63, 3.8) is 0 Å². The number of ether oxygens (including phenoxy) is 2. The van der Waals surface area contributed by atoms with Crippen LogP contribution in [-0.4, -0.2) is 34.9 Å². The van der Waals surface area contributed by atoms with Crippen molar-refractivity contribution in [2.45, 2.75) is 0 Å². The van der Waals surface area contributed by atoms with Crippen LogP contribution in [0.4, 0.5) is 5.69 Å². The molecule has 8 heteroatoms. The highest BCUT2D eigenvalue weighted by molar-refractivity contribution is 7.13. The number of carbonyl (C=O) groups excluding carboxylic acids is 1. The first-order valence-electron chi connectivity index (χ1n) is 10.8. The van der Waals surface area contributed by atoms with Crippen molar-refractivity contribution in [3.05, 3.63) is 96.3 Å². The summed E-state index contributed by atoms with van der Waals surface area (Å²) in [5.74, 6) is 0.859. The number of nitrogens with zero attached hydrogens (tertiary/aromatic N) is 3. The fourth-order valence-electron chi connectivity index (χ4n) is 3.76. The van der Waals surface area contributed by atoms with Gasteiger partial charge in [0.1, 0.15) is 5.01 Å². The molecule has 3 aromatic carbocycles. The number of methoxy groups -OCH3 is 2. The molecule has 0 fully saturated rings. The van der Waals surface area contributed by atoms with E-state index in [0.717, 1.165) is 21.8 Å².